The van der Waals surface area contributed by atoms with Crippen molar-refractivity contribution in [3.8, 4) is 0 Å². The van der Waals surface area contributed by atoms with Crippen LogP contribution in [0.2, 0.25) is 0 Å². The number of rotatable bonds is 4. The fourth-order valence-corrected chi connectivity index (χ4v) is 4.44. The van der Waals surface area contributed by atoms with E-state index in [0.29, 0.717) is 11.0 Å². The normalized spacial score (nSPS) is 34.3. The van der Waals surface area contributed by atoms with Crippen molar-refractivity contribution in [1.29, 1.82) is 0 Å². The van der Waals surface area contributed by atoms with Gasteiger partial charge in [0.05, 0.1) is 0 Å². The maximum atomic E-state index is 3.83. The van der Waals surface area contributed by atoms with Crippen molar-refractivity contribution in [1.82, 2.24) is 10.2 Å². The summed E-state index contributed by atoms with van der Waals surface area (Å²) in [6.07, 6.45) is 8.41. The van der Waals surface area contributed by atoms with Crippen molar-refractivity contribution < 1.29 is 0 Å². The summed E-state index contributed by atoms with van der Waals surface area (Å²) in [6, 6.07) is 0. The quantitative estimate of drug-likeness (QED) is 0.824. The van der Waals surface area contributed by atoms with Gasteiger partial charge in [0.2, 0.25) is 0 Å². The molecule has 0 radical (unpaired) electrons. The van der Waals surface area contributed by atoms with Gasteiger partial charge in [0.25, 0.3) is 0 Å². The zero-order valence-electron chi connectivity index (χ0n) is 15.4. The Balaban J connectivity index is 2.08. The van der Waals surface area contributed by atoms with Crippen molar-refractivity contribution >= 4 is 0 Å². The summed E-state index contributed by atoms with van der Waals surface area (Å²) >= 11 is 0. The highest BCUT2D eigenvalue weighted by molar-refractivity contribution is 4.96. The third-order valence-electron chi connectivity index (χ3n) is 5.78. The maximum absolute atomic E-state index is 3.83. The SMILES string of the molecule is CC1CCCC(CNC(C)(C)C)(CN2CCCC2(C)C)C1. The predicted molar refractivity (Wildman–Crippen MR) is 92.7 cm³/mol. The average Bonchev–Trinajstić information content (AvgIpc) is 2.66. The molecule has 0 aromatic carbocycles. The predicted octanol–water partition coefficient (Wildman–Crippen LogP) is 4.45. The van der Waals surface area contributed by atoms with Gasteiger partial charge in [-0.05, 0) is 78.2 Å². The van der Waals surface area contributed by atoms with Crippen molar-refractivity contribution in [2.24, 2.45) is 11.3 Å². The van der Waals surface area contributed by atoms with Crippen LogP contribution < -0.4 is 5.32 Å². The second-order valence-corrected chi connectivity index (χ2v) is 9.64. The standard InChI is InChI=1S/C19H38N2/c1-16-9-7-11-19(13-16,14-20-17(2,3)4)15-21-12-8-10-18(21,5)6/h16,20H,7-15H2,1-6H3. The molecule has 0 aromatic rings. The van der Waals surface area contributed by atoms with Gasteiger partial charge in [-0.15, -0.1) is 0 Å². The monoisotopic (exact) mass is 294 g/mol. The van der Waals surface area contributed by atoms with Crippen LogP contribution in [0, 0.1) is 11.3 Å². The number of likely N-dealkylation sites (tertiary alicyclic amines) is 1. The molecule has 1 aliphatic heterocycles. The minimum absolute atomic E-state index is 0.230. The zero-order valence-corrected chi connectivity index (χ0v) is 15.4. The fraction of sp³-hybridized carbons (Fsp3) is 1.00. The summed E-state index contributed by atoms with van der Waals surface area (Å²) in [5.41, 5.74) is 1.14. The van der Waals surface area contributed by atoms with Gasteiger partial charge in [-0.25, -0.2) is 0 Å². The topological polar surface area (TPSA) is 15.3 Å². The fourth-order valence-electron chi connectivity index (χ4n) is 4.44. The number of nitrogens with one attached hydrogen (secondary N) is 1. The van der Waals surface area contributed by atoms with Crippen LogP contribution in [0.25, 0.3) is 0 Å². The first kappa shape index (κ1) is 17.3. The lowest BCUT2D eigenvalue weighted by molar-refractivity contribution is 0.0456. The van der Waals surface area contributed by atoms with E-state index in [1.807, 2.05) is 0 Å². The lowest BCUT2D eigenvalue weighted by Gasteiger charge is -2.47. The summed E-state index contributed by atoms with van der Waals surface area (Å²) in [7, 11) is 0. The van der Waals surface area contributed by atoms with Crippen LogP contribution in [0.5, 0.6) is 0 Å². The van der Waals surface area contributed by atoms with Crippen LogP contribution in [0.4, 0.5) is 0 Å². The molecule has 0 amide bonds. The molecule has 0 bridgehead atoms. The van der Waals surface area contributed by atoms with E-state index in [0.717, 1.165) is 5.92 Å². The lowest BCUT2D eigenvalue weighted by Crippen LogP contribution is -2.53. The number of hydrogen-bond acceptors (Lipinski definition) is 2. The number of hydrogen-bond donors (Lipinski definition) is 1. The van der Waals surface area contributed by atoms with Gasteiger partial charge in [-0.3, -0.25) is 4.90 Å². The maximum Gasteiger partial charge on any atom is 0.0153 e. The third kappa shape index (κ3) is 4.69. The van der Waals surface area contributed by atoms with Gasteiger partial charge in [0.1, 0.15) is 0 Å². The van der Waals surface area contributed by atoms with Gasteiger partial charge in [-0.2, -0.15) is 0 Å². The molecule has 1 heterocycles. The Kier molecular flexibility index (Phi) is 5.10. The van der Waals surface area contributed by atoms with Crippen molar-refractivity contribution in [3.63, 3.8) is 0 Å². The van der Waals surface area contributed by atoms with Crippen LogP contribution in [0.15, 0.2) is 0 Å². The van der Waals surface area contributed by atoms with E-state index in [1.54, 1.807) is 0 Å². The molecule has 0 spiro atoms. The Morgan fingerprint density at radius 1 is 1.14 bits per heavy atom. The molecule has 2 aliphatic rings. The molecule has 2 heteroatoms. The molecular weight excluding hydrogens is 256 g/mol. The average molecular weight is 295 g/mol. The largest absolute Gasteiger partial charge is 0.311 e. The molecule has 1 saturated heterocycles. The Bertz CT molecular complexity index is 342. The summed E-state index contributed by atoms with van der Waals surface area (Å²) in [5.74, 6) is 0.895. The minimum Gasteiger partial charge on any atom is -0.311 e. The Morgan fingerprint density at radius 3 is 2.38 bits per heavy atom. The van der Waals surface area contributed by atoms with Crippen LogP contribution in [0.1, 0.15) is 80.1 Å². The molecule has 2 unspecified atom stereocenters. The highest BCUT2D eigenvalue weighted by atomic mass is 15.2. The van der Waals surface area contributed by atoms with E-state index in [9.17, 15) is 0 Å². The Morgan fingerprint density at radius 2 is 1.86 bits per heavy atom. The van der Waals surface area contributed by atoms with E-state index in [2.05, 4.69) is 51.8 Å². The Hall–Kier alpha value is -0.0800. The third-order valence-corrected chi connectivity index (χ3v) is 5.78. The summed E-state index contributed by atoms with van der Waals surface area (Å²) in [4.78, 5) is 2.79. The molecule has 2 atom stereocenters. The molecule has 2 fully saturated rings. The van der Waals surface area contributed by atoms with Crippen molar-refractivity contribution in [2.45, 2.75) is 91.1 Å². The van der Waals surface area contributed by atoms with Crippen molar-refractivity contribution in [3.05, 3.63) is 0 Å². The van der Waals surface area contributed by atoms with Crippen LogP contribution >= 0.6 is 0 Å². The van der Waals surface area contributed by atoms with Gasteiger partial charge in [0, 0.05) is 24.2 Å². The van der Waals surface area contributed by atoms with E-state index in [4.69, 9.17) is 0 Å². The molecule has 1 saturated carbocycles. The van der Waals surface area contributed by atoms with Gasteiger partial charge < -0.3 is 5.32 Å². The second kappa shape index (κ2) is 6.20. The molecule has 124 valence electrons. The molecule has 1 N–H and O–H groups in total. The van der Waals surface area contributed by atoms with Crippen molar-refractivity contribution in [2.75, 3.05) is 19.6 Å². The molecule has 2 nitrogen and oxygen atoms in total. The summed E-state index contributed by atoms with van der Waals surface area (Å²) in [5, 5.41) is 3.83. The lowest BCUT2D eigenvalue weighted by atomic mass is 9.69. The summed E-state index contributed by atoms with van der Waals surface area (Å²) in [6.45, 7) is 18.0. The summed E-state index contributed by atoms with van der Waals surface area (Å²) < 4.78 is 0. The highest BCUT2D eigenvalue weighted by Gasteiger charge is 2.41. The first-order chi connectivity index (χ1) is 9.62. The van der Waals surface area contributed by atoms with Crippen LogP contribution in [-0.2, 0) is 0 Å². The second-order valence-electron chi connectivity index (χ2n) is 9.64. The molecule has 0 aromatic heterocycles. The van der Waals surface area contributed by atoms with Gasteiger partial charge >= 0.3 is 0 Å². The Labute approximate surface area is 133 Å². The van der Waals surface area contributed by atoms with E-state index in [1.165, 1.54) is 58.2 Å². The van der Waals surface area contributed by atoms with E-state index in [-0.39, 0.29) is 5.54 Å². The van der Waals surface area contributed by atoms with Crippen LogP contribution in [0.3, 0.4) is 0 Å². The molecule has 21 heavy (non-hydrogen) atoms. The highest BCUT2D eigenvalue weighted by Crippen LogP contribution is 2.42. The first-order valence-electron chi connectivity index (χ1n) is 9.12. The molecule has 2 rings (SSSR count). The van der Waals surface area contributed by atoms with E-state index < -0.39 is 0 Å². The smallest absolute Gasteiger partial charge is 0.0153 e. The van der Waals surface area contributed by atoms with Crippen LogP contribution in [-0.4, -0.2) is 35.6 Å². The first-order valence-corrected chi connectivity index (χ1v) is 9.12. The number of nitrogens with zero attached hydrogens (tertiary/aromatic N) is 1. The zero-order chi connectivity index (χ0) is 15.7. The molecule has 1 aliphatic carbocycles. The molecular formula is C19H38N2. The minimum atomic E-state index is 0.230. The van der Waals surface area contributed by atoms with E-state index >= 15 is 0 Å². The van der Waals surface area contributed by atoms with Gasteiger partial charge in [0.15, 0.2) is 0 Å². The van der Waals surface area contributed by atoms with Gasteiger partial charge in [-0.1, -0.05) is 19.8 Å².